The number of nitrogens with one attached hydrogen (secondary N) is 1. The molecule has 2 heterocycles. The molecule has 2 aliphatic rings. The second kappa shape index (κ2) is 6.22. The van der Waals surface area contributed by atoms with Crippen molar-refractivity contribution in [1.29, 1.82) is 0 Å². The lowest BCUT2D eigenvalue weighted by Crippen LogP contribution is -2.64. The molecule has 2 fully saturated rings. The largest absolute Gasteiger partial charge is 0.343 e. The highest BCUT2D eigenvalue weighted by Crippen LogP contribution is 2.32. The fourth-order valence-electron chi connectivity index (χ4n) is 3.81. The van der Waals surface area contributed by atoms with Crippen molar-refractivity contribution in [2.24, 2.45) is 0 Å². The highest BCUT2D eigenvalue weighted by Gasteiger charge is 2.39. The molecule has 1 aromatic heterocycles. The van der Waals surface area contributed by atoms with E-state index in [1.165, 1.54) is 51.5 Å². The van der Waals surface area contributed by atoms with Crippen LogP contribution in [0.5, 0.6) is 0 Å². The smallest absolute Gasteiger partial charge is 0.213 e. The third-order valence-corrected chi connectivity index (χ3v) is 5.05. The summed E-state index contributed by atoms with van der Waals surface area (Å²) in [6.45, 7) is 5.64. The van der Waals surface area contributed by atoms with E-state index in [1.807, 2.05) is 0 Å². The standard InChI is InChI=1S/C15H26N4O/c1-2-13-10-17-15(7-4-3-5-8-15)11-19(13)9-6-14-16-12-20-18-14/h12-13,17H,2-11H2,1H3. The predicted octanol–water partition coefficient (Wildman–Crippen LogP) is 2.00. The minimum Gasteiger partial charge on any atom is -0.343 e. The summed E-state index contributed by atoms with van der Waals surface area (Å²) in [6, 6.07) is 0.648. The van der Waals surface area contributed by atoms with Gasteiger partial charge < -0.3 is 9.84 Å². The first-order valence-corrected chi connectivity index (χ1v) is 8.06. The van der Waals surface area contributed by atoms with Crippen molar-refractivity contribution >= 4 is 0 Å². The first kappa shape index (κ1) is 14.0. The lowest BCUT2D eigenvalue weighted by Gasteiger charge is -2.49. The van der Waals surface area contributed by atoms with Crippen LogP contribution in [0.2, 0.25) is 0 Å². The summed E-state index contributed by atoms with van der Waals surface area (Å²) in [5.74, 6) is 0.830. The van der Waals surface area contributed by atoms with Gasteiger partial charge in [-0.3, -0.25) is 4.90 Å². The van der Waals surface area contributed by atoms with E-state index in [0.29, 0.717) is 11.6 Å². The summed E-state index contributed by atoms with van der Waals surface area (Å²) in [7, 11) is 0. The van der Waals surface area contributed by atoms with Crippen LogP contribution < -0.4 is 5.32 Å². The molecular weight excluding hydrogens is 252 g/mol. The Morgan fingerprint density at radius 3 is 2.95 bits per heavy atom. The topological polar surface area (TPSA) is 54.2 Å². The molecule has 3 rings (SSSR count). The number of hydrogen-bond acceptors (Lipinski definition) is 5. The van der Waals surface area contributed by atoms with Gasteiger partial charge in [-0.25, -0.2) is 0 Å². The van der Waals surface area contributed by atoms with Crippen LogP contribution in [-0.2, 0) is 6.42 Å². The van der Waals surface area contributed by atoms with Gasteiger partial charge in [0.25, 0.3) is 0 Å². The Morgan fingerprint density at radius 1 is 1.40 bits per heavy atom. The van der Waals surface area contributed by atoms with Gasteiger partial charge in [0.15, 0.2) is 5.82 Å². The summed E-state index contributed by atoms with van der Waals surface area (Å²) in [5, 5.41) is 7.79. The fourth-order valence-corrected chi connectivity index (χ4v) is 3.81. The molecule has 1 aliphatic carbocycles. The molecule has 1 atom stereocenters. The molecule has 1 saturated carbocycles. The molecule has 0 aromatic carbocycles. The van der Waals surface area contributed by atoms with E-state index in [9.17, 15) is 0 Å². The maximum Gasteiger partial charge on any atom is 0.213 e. The van der Waals surface area contributed by atoms with Crippen molar-refractivity contribution in [1.82, 2.24) is 20.4 Å². The molecule has 5 nitrogen and oxygen atoms in total. The normalized spacial score (nSPS) is 26.9. The van der Waals surface area contributed by atoms with Gasteiger partial charge in [-0.15, -0.1) is 0 Å². The van der Waals surface area contributed by atoms with Crippen LogP contribution in [0.3, 0.4) is 0 Å². The molecule has 0 radical (unpaired) electrons. The number of hydrogen-bond donors (Lipinski definition) is 1. The number of rotatable bonds is 4. The number of nitrogens with zero attached hydrogens (tertiary/aromatic N) is 3. The monoisotopic (exact) mass is 278 g/mol. The minimum absolute atomic E-state index is 0.376. The summed E-state index contributed by atoms with van der Waals surface area (Å²) in [6.07, 6.45) is 10.4. The summed E-state index contributed by atoms with van der Waals surface area (Å²) < 4.78 is 4.83. The van der Waals surface area contributed by atoms with Gasteiger partial charge in [-0.2, -0.15) is 4.98 Å². The van der Waals surface area contributed by atoms with Gasteiger partial charge >= 0.3 is 0 Å². The lowest BCUT2D eigenvalue weighted by molar-refractivity contribution is 0.0544. The SMILES string of the molecule is CCC1CNC2(CCCCC2)CN1CCc1ncon1. The zero-order valence-electron chi connectivity index (χ0n) is 12.5. The average molecular weight is 278 g/mol. The molecule has 1 N–H and O–H groups in total. The van der Waals surface area contributed by atoms with E-state index in [0.717, 1.165) is 25.3 Å². The van der Waals surface area contributed by atoms with E-state index >= 15 is 0 Å². The molecular formula is C15H26N4O. The summed E-state index contributed by atoms with van der Waals surface area (Å²) in [4.78, 5) is 6.79. The van der Waals surface area contributed by atoms with Gasteiger partial charge in [0.05, 0.1) is 0 Å². The molecule has 5 heteroatoms. The average Bonchev–Trinajstić information content (AvgIpc) is 2.99. The van der Waals surface area contributed by atoms with Crippen molar-refractivity contribution in [3.05, 3.63) is 12.2 Å². The third-order valence-electron chi connectivity index (χ3n) is 5.05. The van der Waals surface area contributed by atoms with Gasteiger partial charge in [0.2, 0.25) is 6.39 Å². The van der Waals surface area contributed by atoms with Crippen LogP contribution in [0.4, 0.5) is 0 Å². The van der Waals surface area contributed by atoms with Gasteiger partial charge in [-0.05, 0) is 19.3 Å². The molecule has 0 bridgehead atoms. The van der Waals surface area contributed by atoms with Crippen LogP contribution in [0, 0.1) is 0 Å². The molecule has 1 spiro atoms. The van der Waals surface area contributed by atoms with Gasteiger partial charge in [0, 0.05) is 37.6 Å². The second-order valence-electron chi connectivity index (χ2n) is 6.35. The van der Waals surface area contributed by atoms with E-state index < -0.39 is 0 Å². The van der Waals surface area contributed by atoms with Crippen LogP contribution in [0.15, 0.2) is 10.9 Å². The quantitative estimate of drug-likeness (QED) is 0.913. The highest BCUT2D eigenvalue weighted by atomic mass is 16.5. The maximum absolute atomic E-state index is 4.83. The molecule has 20 heavy (non-hydrogen) atoms. The zero-order valence-corrected chi connectivity index (χ0v) is 12.5. The molecule has 1 aromatic rings. The van der Waals surface area contributed by atoms with Gasteiger partial charge in [0.1, 0.15) is 0 Å². The molecule has 1 aliphatic heterocycles. The minimum atomic E-state index is 0.376. The van der Waals surface area contributed by atoms with Crippen molar-refractivity contribution in [3.63, 3.8) is 0 Å². The van der Waals surface area contributed by atoms with Crippen molar-refractivity contribution in [2.45, 2.75) is 63.5 Å². The fraction of sp³-hybridized carbons (Fsp3) is 0.867. The van der Waals surface area contributed by atoms with E-state index in [2.05, 4.69) is 27.3 Å². The third kappa shape index (κ3) is 3.04. The summed E-state index contributed by atoms with van der Waals surface area (Å²) >= 11 is 0. The maximum atomic E-state index is 4.83. The lowest BCUT2D eigenvalue weighted by atomic mass is 9.79. The van der Waals surface area contributed by atoms with Crippen LogP contribution in [-0.4, -0.2) is 46.3 Å². The van der Waals surface area contributed by atoms with Crippen molar-refractivity contribution < 1.29 is 4.52 Å². The Balaban J connectivity index is 1.62. The van der Waals surface area contributed by atoms with Crippen LogP contribution >= 0.6 is 0 Å². The molecule has 0 amide bonds. The Bertz CT molecular complexity index is 400. The Hall–Kier alpha value is -0.940. The van der Waals surface area contributed by atoms with E-state index in [4.69, 9.17) is 4.52 Å². The van der Waals surface area contributed by atoms with Gasteiger partial charge in [-0.1, -0.05) is 31.3 Å². The van der Waals surface area contributed by atoms with E-state index in [1.54, 1.807) is 0 Å². The highest BCUT2D eigenvalue weighted by molar-refractivity contribution is 5.00. The first-order valence-electron chi connectivity index (χ1n) is 8.06. The van der Waals surface area contributed by atoms with Crippen LogP contribution in [0.1, 0.15) is 51.3 Å². The second-order valence-corrected chi connectivity index (χ2v) is 6.35. The Morgan fingerprint density at radius 2 is 2.25 bits per heavy atom. The zero-order chi connectivity index (χ0) is 13.8. The number of aromatic nitrogens is 2. The van der Waals surface area contributed by atoms with E-state index in [-0.39, 0.29) is 0 Å². The van der Waals surface area contributed by atoms with Crippen LogP contribution in [0.25, 0.3) is 0 Å². The summed E-state index contributed by atoms with van der Waals surface area (Å²) in [5.41, 5.74) is 0.376. The Labute approximate surface area is 121 Å². The Kier molecular flexibility index (Phi) is 4.36. The molecule has 1 saturated heterocycles. The van der Waals surface area contributed by atoms with Crippen molar-refractivity contribution in [2.75, 3.05) is 19.6 Å². The predicted molar refractivity (Wildman–Crippen MR) is 77.5 cm³/mol. The number of piperazine rings is 1. The van der Waals surface area contributed by atoms with Crippen molar-refractivity contribution in [3.8, 4) is 0 Å². The molecule has 1 unspecified atom stereocenters. The first-order chi connectivity index (χ1) is 9.81. The molecule has 112 valence electrons.